The number of aromatic nitrogens is 3. The number of nitriles is 1. The lowest BCUT2D eigenvalue weighted by Gasteiger charge is -2.19. The van der Waals surface area contributed by atoms with Crippen molar-refractivity contribution in [3.8, 4) is 17.2 Å². The van der Waals surface area contributed by atoms with Gasteiger partial charge in [-0.1, -0.05) is 0 Å². The van der Waals surface area contributed by atoms with Crippen LogP contribution in [0.3, 0.4) is 0 Å². The van der Waals surface area contributed by atoms with Crippen LogP contribution in [0.5, 0.6) is 0 Å². The summed E-state index contributed by atoms with van der Waals surface area (Å²) in [7, 11) is 1.72. The third kappa shape index (κ3) is 4.23. The number of aromatic amines is 1. The molecule has 3 rings (SSSR count). The molecule has 0 aliphatic heterocycles. The molecule has 2 heterocycles. The first-order valence-electron chi connectivity index (χ1n) is 8.78. The van der Waals surface area contributed by atoms with E-state index in [0.717, 1.165) is 0 Å². The molecule has 1 amide bonds. The first kappa shape index (κ1) is 20.0. The van der Waals surface area contributed by atoms with Crippen LogP contribution in [0.4, 0.5) is 16.0 Å². The number of halogens is 1. The summed E-state index contributed by atoms with van der Waals surface area (Å²) in [6.07, 6.45) is 3.03. The van der Waals surface area contributed by atoms with Gasteiger partial charge in [-0.05, 0) is 36.2 Å². The number of carbonyl (C=O) groups is 1. The van der Waals surface area contributed by atoms with Crippen molar-refractivity contribution in [3.63, 3.8) is 0 Å². The molecule has 0 saturated heterocycles. The lowest BCUT2D eigenvalue weighted by Crippen LogP contribution is -2.23. The average molecular weight is 394 g/mol. The average Bonchev–Trinajstić information content (AvgIpc) is 3.20. The number of aryl methyl sites for hydroxylation is 1. The number of rotatable bonds is 6. The summed E-state index contributed by atoms with van der Waals surface area (Å²) in [6.45, 7) is 1.97. The fourth-order valence-electron chi connectivity index (χ4n) is 2.92. The van der Waals surface area contributed by atoms with Crippen LogP contribution in [0.1, 0.15) is 21.5 Å². The molecule has 0 aliphatic rings. The van der Waals surface area contributed by atoms with Crippen LogP contribution >= 0.6 is 0 Å². The molecule has 0 spiro atoms. The quantitative estimate of drug-likeness (QED) is 0.591. The Labute approximate surface area is 166 Å². The van der Waals surface area contributed by atoms with Crippen LogP contribution in [0.15, 0.2) is 36.7 Å². The summed E-state index contributed by atoms with van der Waals surface area (Å²) < 4.78 is 14.4. The normalized spacial score (nSPS) is 10.4. The van der Waals surface area contributed by atoms with Gasteiger partial charge in [-0.2, -0.15) is 10.4 Å². The number of nitrogens with zero attached hydrogens (tertiary/aromatic N) is 4. The summed E-state index contributed by atoms with van der Waals surface area (Å²) >= 11 is 0. The SMILES string of the molecule is Cc1cc(F)c(C(=O)Nc2ccn[nH]2)cc1-c1cnc(N(C)CCO)c(C#N)c1. The van der Waals surface area contributed by atoms with E-state index in [1.807, 2.05) is 0 Å². The fourth-order valence-corrected chi connectivity index (χ4v) is 2.92. The first-order chi connectivity index (χ1) is 13.9. The molecule has 3 aromatic rings. The van der Waals surface area contributed by atoms with E-state index in [2.05, 4.69) is 26.6 Å². The van der Waals surface area contributed by atoms with Gasteiger partial charge in [0.2, 0.25) is 0 Å². The zero-order valence-electron chi connectivity index (χ0n) is 15.9. The van der Waals surface area contributed by atoms with Crippen molar-refractivity contribution in [1.29, 1.82) is 5.26 Å². The Kier molecular flexibility index (Phi) is 5.85. The van der Waals surface area contributed by atoms with Gasteiger partial charge in [0.1, 0.15) is 23.5 Å². The standard InChI is InChI=1S/C20H19FN6O2/c1-12-7-17(21)16(20(29)25-18-3-4-24-26-18)9-15(12)14-8-13(10-22)19(23-11-14)27(2)5-6-28/h3-4,7-9,11,28H,5-6H2,1-2H3,(H2,24,25,26,29). The Hall–Kier alpha value is -3.77. The number of carbonyl (C=O) groups excluding carboxylic acids is 1. The highest BCUT2D eigenvalue weighted by Gasteiger charge is 2.18. The van der Waals surface area contributed by atoms with Gasteiger partial charge in [-0.3, -0.25) is 9.89 Å². The lowest BCUT2D eigenvalue weighted by atomic mass is 9.97. The second kappa shape index (κ2) is 8.50. The van der Waals surface area contributed by atoms with E-state index >= 15 is 0 Å². The van der Waals surface area contributed by atoms with Crippen molar-refractivity contribution in [2.75, 3.05) is 30.4 Å². The predicted octanol–water partition coefficient (Wildman–Crippen LogP) is 2.47. The van der Waals surface area contributed by atoms with Crippen molar-refractivity contribution < 1.29 is 14.3 Å². The lowest BCUT2D eigenvalue weighted by molar-refractivity contribution is 0.102. The minimum absolute atomic E-state index is 0.0727. The molecular weight excluding hydrogens is 375 g/mol. The molecule has 0 fully saturated rings. The maximum absolute atomic E-state index is 14.4. The smallest absolute Gasteiger partial charge is 0.259 e. The van der Waals surface area contributed by atoms with Crippen molar-refractivity contribution in [3.05, 3.63) is 59.2 Å². The number of aliphatic hydroxyl groups is 1. The molecular formula is C20H19FN6O2. The van der Waals surface area contributed by atoms with Gasteiger partial charge in [0, 0.05) is 31.4 Å². The van der Waals surface area contributed by atoms with Crippen molar-refractivity contribution in [2.45, 2.75) is 6.92 Å². The zero-order valence-corrected chi connectivity index (χ0v) is 15.9. The molecule has 9 heteroatoms. The van der Waals surface area contributed by atoms with Gasteiger partial charge in [-0.25, -0.2) is 9.37 Å². The second-order valence-electron chi connectivity index (χ2n) is 6.42. The van der Waals surface area contributed by atoms with E-state index in [9.17, 15) is 14.4 Å². The third-order valence-electron chi connectivity index (χ3n) is 4.40. The van der Waals surface area contributed by atoms with Crippen molar-refractivity contribution >= 4 is 17.5 Å². The molecule has 0 atom stereocenters. The molecule has 1 aromatic carbocycles. The highest BCUT2D eigenvalue weighted by molar-refractivity contribution is 6.04. The molecule has 2 aromatic heterocycles. The number of likely N-dealkylation sites (N-methyl/N-ethyl adjacent to an activating group) is 1. The molecule has 0 saturated carbocycles. The molecule has 0 unspecified atom stereocenters. The number of aliphatic hydroxyl groups excluding tert-OH is 1. The summed E-state index contributed by atoms with van der Waals surface area (Å²) in [5, 5.41) is 27.5. The van der Waals surface area contributed by atoms with Crippen LogP contribution in [-0.4, -0.2) is 46.4 Å². The summed E-state index contributed by atoms with van der Waals surface area (Å²) in [4.78, 5) is 18.5. The van der Waals surface area contributed by atoms with E-state index < -0.39 is 11.7 Å². The van der Waals surface area contributed by atoms with E-state index in [-0.39, 0.29) is 12.2 Å². The van der Waals surface area contributed by atoms with Crippen LogP contribution in [-0.2, 0) is 0 Å². The van der Waals surface area contributed by atoms with Crippen LogP contribution < -0.4 is 10.2 Å². The first-order valence-corrected chi connectivity index (χ1v) is 8.78. The van der Waals surface area contributed by atoms with Gasteiger partial charge in [0.25, 0.3) is 5.91 Å². The number of H-pyrrole nitrogens is 1. The number of hydrogen-bond acceptors (Lipinski definition) is 6. The van der Waals surface area contributed by atoms with E-state index in [1.165, 1.54) is 18.3 Å². The number of benzene rings is 1. The van der Waals surface area contributed by atoms with Crippen LogP contribution in [0.2, 0.25) is 0 Å². The zero-order chi connectivity index (χ0) is 21.0. The van der Waals surface area contributed by atoms with E-state index in [4.69, 9.17) is 5.11 Å². The molecule has 8 nitrogen and oxygen atoms in total. The second-order valence-corrected chi connectivity index (χ2v) is 6.42. The molecule has 3 N–H and O–H groups in total. The fraction of sp³-hybridized carbons (Fsp3) is 0.200. The minimum Gasteiger partial charge on any atom is -0.395 e. The van der Waals surface area contributed by atoms with Gasteiger partial charge < -0.3 is 15.3 Å². The number of anilines is 2. The number of pyridine rings is 1. The Morgan fingerprint density at radius 2 is 2.21 bits per heavy atom. The maximum atomic E-state index is 14.4. The van der Waals surface area contributed by atoms with Crippen LogP contribution in [0.25, 0.3) is 11.1 Å². The van der Waals surface area contributed by atoms with Gasteiger partial charge in [0.15, 0.2) is 0 Å². The Bertz CT molecular complexity index is 1080. The van der Waals surface area contributed by atoms with E-state index in [1.54, 1.807) is 37.2 Å². The summed E-state index contributed by atoms with van der Waals surface area (Å²) in [6, 6.07) is 7.98. The maximum Gasteiger partial charge on any atom is 0.259 e. The predicted molar refractivity (Wildman–Crippen MR) is 106 cm³/mol. The van der Waals surface area contributed by atoms with Crippen molar-refractivity contribution in [1.82, 2.24) is 15.2 Å². The largest absolute Gasteiger partial charge is 0.395 e. The minimum atomic E-state index is -0.656. The number of nitrogens with one attached hydrogen (secondary N) is 2. The van der Waals surface area contributed by atoms with Crippen LogP contribution in [0, 0.1) is 24.1 Å². The summed E-state index contributed by atoms with van der Waals surface area (Å²) in [5.74, 6) is -0.500. The Balaban J connectivity index is 2.00. The topological polar surface area (TPSA) is 118 Å². The molecule has 29 heavy (non-hydrogen) atoms. The van der Waals surface area contributed by atoms with Gasteiger partial charge >= 0.3 is 0 Å². The number of hydrogen-bond donors (Lipinski definition) is 3. The third-order valence-corrected chi connectivity index (χ3v) is 4.40. The monoisotopic (exact) mass is 394 g/mol. The molecule has 0 radical (unpaired) electrons. The number of amides is 1. The Morgan fingerprint density at radius 1 is 1.41 bits per heavy atom. The van der Waals surface area contributed by atoms with E-state index in [0.29, 0.717) is 40.4 Å². The summed E-state index contributed by atoms with van der Waals surface area (Å²) in [5.41, 5.74) is 1.94. The molecule has 0 aliphatic carbocycles. The van der Waals surface area contributed by atoms with Crippen molar-refractivity contribution in [2.24, 2.45) is 0 Å². The molecule has 148 valence electrons. The van der Waals surface area contributed by atoms with Gasteiger partial charge in [-0.15, -0.1) is 0 Å². The molecule has 0 bridgehead atoms. The Morgan fingerprint density at radius 3 is 2.86 bits per heavy atom. The van der Waals surface area contributed by atoms with Gasteiger partial charge in [0.05, 0.1) is 23.9 Å². The highest BCUT2D eigenvalue weighted by atomic mass is 19.1. The highest BCUT2D eigenvalue weighted by Crippen LogP contribution is 2.29.